The quantitative estimate of drug-likeness (QED) is 0.393. The minimum absolute atomic E-state index is 0.394. The van der Waals surface area contributed by atoms with Crippen LogP contribution in [-0.4, -0.2) is 27.4 Å². The Labute approximate surface area is 119 Å². The SMILES string of the molecule is C=CCO/C=C/c1c(OC)cc(OC)cc1OCC=C. The van der Waals surface area contributed by atoms with Gasteiger partial charge in [-0.25, -0.2) is 0 Å². The third-order valence-corrected chi connectivity index (χ3v) is 2.43. The van der Waals surface area contributed by atoms with Crippen LogP contribution in [0.4, 0.5) is 0 Å². The van der Waals surface area contributed by atoms with Gasteiger partial charge in [0.05, 0.1) is 26.0 Å². The Morgan fingerprint density at radius 2 is 1.70 bits per heavy atom. The Bertz CT molecular complexity index is 478. The fourth-order valence-corrected chi connectivity index (χ4v) is 1.54. The minimum Gasteiger partial charge on any atom is -0.497 e. The second kappa shape index (κ2) is 8.69. The van der Waals surface area contributed by atoms with E-state index in [1.807, 2.05) is 0 Å². The van der Waals surface area contributed by atoms with E-state index in [2.05, 4.69) is 13.2 Å². The van der Waals surface area contributed by atoms with Crippen molar-refractivity contribution in [2.24, 2.45) is 0 Å². The number of benzene rings is 1. The molecule has 1 aromatic carbocycles. The first-order valence-corrected chi connectivity index (χ1v) is 6.15. The van der Waals surface area contributed by atoms with Crippen LogP contribution in [0.5, 0.6) is 17.2 Å². The largest absolute Gasteiger partial charge is 0.497 e. The van der Waals surface area contributed by atoms with Gasteiger partial charge < -0.3 is 18.9 Å². The molecule has 0 atom stereocenters. The van der Waals surface area contributed by atoms with Crippen molar-refractivity contribution in [3.63, 3.8) is 0 Å². The van der Waals surface area contributed by atoms with Crippen LogP contribution in [0.1, 0.15) is 5.56 Å². The van der Waals surface area contributed by atoms with Gasteiger partial charge in [0, 0.05) is 12.1 Å². The molecule has 0 N–H and O–H groups in total. The topological polar surface area (TPSA) is 36.9 Å². The second-order valence-electron chi connectivity index (χ2n) is 3.77. The lowest BCUT2D eigenvalue weighted by Crippen LogP contribution is -1.99. The van der Waals surface area contributed by atoms with Crippen molar-refractivity contribution in [2.75, 3.05) is 27.4 Å². The molecule has 0 aromatic heterocycles. The lowest BCUT2D eigenvalue weighted by Gasteiger charge is -2.13. The summed E-state index contributed by atoms with van der Waals surface area (Å²) < 4.78 is 21.4. The van der Waals surface area contributed by atoms with Gasteiger partial charge in [-0.05, 0) is 6.08 Å². The Balaban J connectivity index is 3.10. The molecule has 0 aliphatic rings. The van der Waals surface area contributed by atoms with Gasteiger partial charge in [-0.15, -0.1) is 0 Å². The molecule has 1 rings (SSSR count). The molecule has 4 heteroatoms. The van der Waals surface area contributed by atoms with Crippen LogP contribution in [0.2, 0.25) is 0 Å². The highest BCUT2D eigenvalue weighted by molar-refractivity contribution is 5.66. The molecule has 0 spiro atoms. The van der Waals surface area contributed by atoms with Gasteiger partial charge in [-0.1, -0.05) is 25.3 Å². The van der Waals surface area contributed by atoms with Gasteiger partial charge in [-0.2, -0.15) is 0 Å². The predicted molar refractivity (Wildman–Crippen MR) is 80.4 cm³/mol. The van der Waals surface area contributed by atoms with Gasteiger partial charge in [-0.3, -0.25) is 0 Å². The van der Waals surface area contributed by atoms with E-state index in [0.717, 1.165) is 5.56 Å². The molecular weight excluding hydrogens is 256 g/mol. The van der Waals surface area contributed by atoms with Gasteiger partial charge in [0.15, 0.2) is 0 Å². The normalized spacial score (nSPS) is 10.1. The molecule has 1 aromatic rings. The van der Waals surface area contributed by atoms with Crippen LogP contribution in [-0.2, 0) is 4.74 Å². The fourth-order valence-electron chi connectivity index (χ4n) is 1.54. The molecule has 108 valence electrons. The molecule has 0 aliphatic heterocycles. The maximum atomic E-state index is 5.62. The van der Waals surface area contributed by atoms with Gasteiger partial charge in [0.1, 0.15) is 30.5 Å². The molecule has 0 heterocycles. The van der Waals surface area contributed by atoms with Crippen molar-refractivity contribution in [3.05, 3.63) is 49.3 Å². The molecule has 0 saturated heterocycles. The Kier molecular flexibility index (Phi) is 6.82. The monoisotopic (exact) mass is 276 g/mol. The lowest BCUT2D eigenvalue weighted by molar-refractivity contribution is 0.292. The van der Waals surface area contributed by atoms with E-state index in [0.29, 0.717) is 30.5 Å². The van der Waals surface area contributed by atoms with E-state index in [1.165, 1.54) is 0 Å². The molecule has 0 saturated carbocycles. The van der Waals surface area contributed by atoms with Crippen LogP contribution in [0, 0.1) is 0 Å². The van der Waals surface area contributed by atoms with E-state index in [4.69, 9.17) is 18.9 Å². The van der Waals surface area contributed by atoms with Crippen molar-refractivity contribution >= 4 is 6.08 Å². The lowest BCUT2D eigenvalue weighted by atomic mass is 10.1. The van der Waals surface area contributed by atoms with Crippen molar-refractivity contribution in [3.8, 4) is 17.2 Å². The summed E-state index contributed by atoms with van der Waals surface area (Å²) in [7, 11) is 3.18. The maximum absolute atomic E-state index is 5.62. The van der Waals surface area contributed by atoms with Gasteiger partial charge in [0.2, 0.25) is 0 Å². The number of methoxy groups -OCH3 is 2. The summed E-state index contributed by atoms with van der Waals surface area (Å²) in [6, 6.07) is 3.58. The summed E-state index contributed by atoms with van der Waals surface area (Å²) in [6.45, 7) is 8.06. The van der Waals surface area contributed by atoms with Crippen LogP contribution in [0.3, 0.4) is 0 Å². The van der Waals surface area contributed by atoms with Gasteiger partial charge >= 0.3 is 0 Å². The fraction of sp³-hybridized carbons (Fsp3) is 0.250. The average molecular weight is 276 g/mol. The second-order valence-corrected chi connectivity index (χ2v) is 3.77. The average Bonchev–Trinajstić information content (AvgIpc) is 2.49. The van der Waals surface area contributed by atoms with E-state index in [-0.39, 0.29) is 0 Å². The first-order chi connectivity index (χ1) is 9.76. The Morgan fingerprint density at radius 1 is 1.00 bits per heavy atom. The number of rotatable bonds is 9. The third-order valence-electron chi connectivity index (χ3n) is 2.43. The van der Waals surface area contributed by atoms with E-state index in [9.17, 15) is 0 Å². The smallest absolute Gasteiger partial charge is 0.134 e. The number of ether oxygens (including phenoxy) is 4. The summed E-state index contributed by atoms with van der Waals surface area (Å²) in [5.74, 6) is 1.94. The molecule has 0 aliphatic carbocycles. The molecule has 0 unspecified atom stereocenters. The number of hydrogen-bond acceptors (Lipinski definition) is 4. The van der Waals surface area contributed by atoms with Crippen molar-refractivity contribution in [1.82, 2.24) is 0 Å². The first kappa shape index (κ1) is 15.7. The Morgan fingerprint density at radius 3 is 2.30 bits per heavy atom. The summed E-state index contributed by atoms with van der Waals surface area (Å²) in [5.41, 5.74) is 0.777. The third kappa shape index (κ3) is 4.39. The summed E-state index contributed by atoms with van der Waals surface area (Å²) in [4.78, 5) is 0. The van der Waals surface area contributed by atoms with E-state index < -0.39 is 0 Å². The van der Waals surface area contributed by atoms with Crippen LogP contribution in [0.25, 0.3) is 6.08 Å². The van der Waals surface area contributed by atoms with Crippen molar-refractivity contribution in [1.29, 1.82) is 0 Å². The predicted octanol–water partition coefficient (Wildman–Crippen LogP) is 3.44. The van der Waals surface area contributed by atoms with Gasteiger partial charge in [0.25, 0.3) is 0 Å². The standard InChI is InChI=1S/C16H20O4/c1-5-8-19-10-7-14-15(18-4)11-13(17-3)12-16(14)20-9-6-2/h5-7,10-12H,1-2,8-9H2,3-4H3/b10-7+. The highest BCUT2D eigenvalue weighted by Crippen LogP contribution is 2.35. The molecule has 4 nitrogen and oxygen atoms in total. The van der Waals surface area contributed by atoms with Crippen LogP contribution >= 0.6 is 0 Å². The van der Waals surface area contributed by atoms with E-state index in [1.54, 1.807) is 50.8 Å². The molecule has 0 fully saturated rings. The first-order valence-electron chi connectivity index (χ1n) is 6.15. The highest BCUT2D eigenvalue weighted by atomic mass is 16.5. The minimum atomic E-state index is 0.394. The summed E-state index contributed by atoms with van der Waals surface area (Å²) in [5, 5.41) is 0. The van der Waals surface area contributed by atoms with Crippen molar-refractivity contribution in [2.45, 2.75) is 0 Å². The zero-order chi connectivity index (χ0) is 14.8. The Hall–Kier alpha value is -2.36. The number of hydrogen-bond donors (Lipinski definition) is 0. The highest BCUT2D eigenvalue weighted by Gasteiger charge is 2.11. The van der Waals surface area contributed by atoms with Crippen molar-refractivity contribution < 1.29 is 18.9 Å². The summed E-state index contributed by atoms with van der Waals surface area (Å²) >= 11 is 0. The summed E-state index contributed by atoms with van der Waals surface area (Å²) in [6.07, 6.45) is 6.70. The van der Waals surface area contributed by atoms with Crippen LogP contribution in [0.15, 0.2) is 43.7 Å². The molecule has 0 radical (unpaired) electrons. The zero-order valence-electron chi connectivity index (χ0n) is 11.9. The zero-order valence-corrected chi connectivity index (χ0v) is 11.9. The molecular formula is C16H20O4. The molecule has 0 amide bonds. The van der Waals surface area contributed by atoms with E-state index >= 15 is 0 Å². The molecule has 20 heavy (non-hydrogen) atoms. The molecule has 0 bridgehead atoms. The van der Waals surface area contributed by atoms with Crippen LogP contribution < -0.4 is 14.2 Å². The maximum Gasteiger partial charge on any atom is 0.134 e.